The number of hydrogen-bond acceptors (Lipinski definition) is 6. The van der Waals surface area contributed by atoms with Crippen molar-refractivity contribution in [2.24, 2.45) is 0 Å². The highest BCUT2D eigenvalue weighted by molar-refractivity contribution is 5.91. The third-order valence-electron chi connectivity index (χ3n) is 5.76. The zero-order chi connectivity index (χ0) is 23.9. The van der Waals surface area contributed by atoms with E-state index in [9.17, 15) is 9.59 Å². The molecule has 1 unspecified atom stereocenters. The van der Waals surface area contributed by atoms with Gasteiger partial charge in [0.15, 0.2) is 0 Å². The van der Waals surface area contributed by atoms with Gasteiger partial charge in [-0.1, -0.05) is 12.1 Å². The van der Waals surface area contributed by atoms with E-state index in [1.54, 1.807) is 7.11 Å². The Kier molecular flexibility index (Phi) is 7.59. The Morgan fingerprint density at radius 3 is 2.56 bits per heavy atom. The molecule has 1 aliphatic rings. The highest BCUT2D eigenvalue weighted by atomic mass is 16.5. The first-order valence-electron chi connectivity index (χ1n) is 11.4. The quantitative estimate of drug-likeness (QED) is 0.497. The Hall–Kier alpha value is -3.65. The molecule has 8 nitrogen and oxygen atoms in total. The molecule has 2 heterocycles. The van der Waals surface area contributed by atoms with E-state index in [1.165, 1.54) is 0 Å². The lowest BCUT2D eigenvalue weighted by Crippen LogP contribution is -2.33. The third-order valence-corrected chi connectivity index (χ3v) is 5.76. The van der Waals surface area contributed by atoms with Crippen LogP contribution < -0.4 is 15.4 Å². The Labute approximate surface area is 198 Å². The Bertz CT molecular complexity index is 1120. The number of ether oxygens (including phenoxy) is 2. The SMILES string of the molecule is COc1ccc(CCC(=O)Nc2ccc(-c3nc(CNC(=O)C4CCCO4)c(C)o3)cc2)cc1. The largest absolute Gasteiger partial charge is 0.497 e. The van der Waals surface area contributed by atoms with Crippen LogP contribution in [0.2, 0.25) is 0 Å². The predicted octanol–water partition coefficient (Wildman–Crippen LogP) is 4.03. The van der Waals surface area contributed by atoms with Crippen molar-refractivity contribution in [2.45, 2.75) is 45.3 Å². The summed E-state index contributed by atoms with van der Waals surface area (Å²) in [5, 5.41) is 5.78. The second-order valence-corrected chi connectivity index (χ2v) is 8.21. The lowest BCUT2D eigenvalue weighted by Gasteiger charge is -2.09. The zero-order valence-electron chi connectivity index (χ0n) is 19.4. The van der Waals surface area contributed by atoms with Gasteiger partial charge >= 0.3 is 0 Å². The number of oxazole rings is 1. The van der Waals surface area contributed by atoms with Crippen LogP contribution in [0.15, 0.2) is 52.9 Å². The van der Waals surface area contributed by atoms with Gasteiger partial charge in [0, 0.05) is 24.3 Å². The van der Waals surface area contributed by atoms with Crippen LogP contribution >= 0.6 is 0 Å². The molecular formula is C26H29N3O5. The molecule has 178 valence electrons. The van der Waals surface area contributed by atoms with Crippen molar-refractivity contribution >= 4 is 17.5 Å². The summed E-state index contributed by atoms with van der Waals surface area (Å²) in [7, 11) is 1.63. The molecule has 0 aliphatic carbocycles. The summed E-state index contributed by atoms with van der Waals surface area (Å²) in [6, 6.07) is 15.0. The van der Waals surface area contributed by atoms with Gasteiger partial charge in [0.05, 0.1) is 13.7 Å². The van der Waals surface area contributed by atoms with Crippen molar-refractivity contribution in [1.82, 2.24) is 10.3 Å². The number of nitrogens with one attached hydrogen (secondary N) is 2. The van der Waals surface area contributed by atoms with Gasteiger partial charge < -0.3 is 24.5 Å². The molecule has 0 saturated carbocycles. The molecule has 34 heavy (non-hydrogen) atoms. The van der Waals surface area contributed by atoms with Gasteiger partial charge in [-0.2, -0.15) is 0 Å². The number of carbonyl (C=O) groups is 2. The molecule has 1 aromatic heterocycles. The maximum Gasteiger partial charge on any atom is 0.249 e. The van der Waals surface area contributed by atoms with E-state index in [4.69, 9.17) is 13.9 Å². The van der Waals surface area contributed by atoms with Gasteiger partial charge in [-0.3, -0.25) is 9.59 Å². The van der Waals surface area contributed by atoms with Crippen molar-refractivity contribution in [3.8, 4) is 17.2 Å². The normalized spacial score (nSPS) is 15.2. The summed E-state index contributed by atoms with van der Waals surface area (Å²) in [6.45, 7) is 2.74. The topological polar surface area (TPSA) is 103 Å². The van der Waals surface area contributed by atoms with Gasteiger partial charge in [0.1, 0.15) is 23.3 Å². The van der Waals surface area contributed by atoms with Crippen LogP contribution in [0.1, 0.15) is 36.3 Å². The minimum absolute atomic E-state index is 0.0557. The number of benzene rings is 2. The molecular weight excluding hydrogens is 434 g/mol. The number of aryl methyl sites for hydroxylation is 2. The maximum absolute atomic E-state index is 12.3. The Balaban J connectivity index is 1.29. The average molecular weight is 464 g/mol. The summed E-state index contributed by atoms with van der Waals surface area (Å²) in [4.78, 5) is 29.0. The molecule has 0 bridgehead atoms. The van der Waals surface area contributed by atoms with E-state index >= 15 is 0 Å². The van der Waals surface area contributed by atoms with Gasteiger partial charge in [-0.15, -0.1) is 0 Å². The number of aromatic nitrogens is 1. The number of amides is 2. The van der Waals surface area contributed by atoms with E-state index in [0.717, 1.165) is 29.7 Å². The van der Waals surface area contributed by atoms with E-state index < -0.39 is 0 Å². The van der Waals surface area contributed by atoms with Crippen LogP contribution in [-0.2, 0) is 27.3 Å². The first kappa shape index (κ1) is 23.5. The van der Waals surface area contributed by atoms with E-state index in [1.807, 2.05) is 55.5 Å². The molecule has 1 fully saturated rings. The minimum atomic E-state index is -0.370. The highest BCUT2D eigenvalue weighted by Gasteiger charge is 2.23. The monoisotopic (exact) mass is 463 g/mol. The lowest BCUT2D eigenvalue weighted by atomic mass is 10.1. The molecule has 2 N–H and O–H groups in total. The van der Waals surface area contributed by atoms with Gasteiger partial charge in [-0.05, 0) is 68.1 Å². The van der Waals surface area contributed by atoms with Gasteiger partial charge in [-0.25, -0.2) is 4.98 Å². The summed E-state index contributed by atoms with van der Waals surface area (Å²) < 4.78 is 16.3. The van der Waals surface area contributed by atoms with Crippen molar-refractivity contribution in [1.29, 1.82) is 0 Å². The first-order chi connectivity index (χ1) is 16.5. The highest BCUT2D eigenvalue weighted by Crippen LogP contribution is 2.24. The smallest absolute Gasteiger partial charge is 0.249 e. The van der Waals surface area contributed by atoms with Crippen LogP contribution in [0.4, 0.5) is 5.69 Å². The maximum atomic E-state index is 12.3. The molecule has 2 amide bonds. The van der Waals surface area contributed by atoms with Crippen LogP contribution in [0.3, 0.4) is 0 Å². The average Bonchev–Trinajstić information content (AvgIpc) is 3.52. The number of rotatable bonds is 9. The minimum Gasteiger partial charge on any atom is -0.497 e. The second kappa shape index (κ2) is 11.0. The van der Waals surface area contributed by atoms with Crippen molar-refractivity contribution < 1.29 is 23.5 Å². The molecule has 4 rings (SSSR count). The van der Waals surface area contributed by atoms with Crippen LogP contribution in [-0.4, -0.2) is 36.6 Å². The van der Waals surface area contributed by atoms with Crippen LogP contribution in [0.5, 0.6) is 5.75 Å². The van der Waals surface area contributed by atoms with E-state index in [0.29, 0.717) is 42.5 Å². The molecule has 3 aromatic rings. The standard InChI is InChI=1S/C26H29N3O5/c1-17-22(16-27-25(31)23-4-3-15-33-23)29-26(34-17)19-8-10-20(11-9-19)28-24(30)14-7-18-5-12-21(32-2)13-6-18/h5-6,8-13,23H,3-4,7,14-16H2,1-2H3,(H,27,31)(H,28,30). The Morgan fingerprint density at radius 2 is 1.88 bits per heavy atom. The van der Waals surface area contributed by atoms with Gasteiger partial charge in [0.25, 0.3) is 0 Å². The zero-order valence-corrected chi connectivity index (χ0v) is 19.4. The molecule has 1 atom stereocenters. The van der Waals surface area contributed by atoms with E-state index in [-0.39, 0.29) is 24.5 Å². The summed E-state index contributed by atoms with van der Waals surface area (Å²) in [5.74, 6) is 1.74. The Morgan fingerprint density at radius 1 is 1.12 bits per heavy atom. The number of hydrogen-bond donors (Lipinski definition) is 2. The second-order valence-electron chi connectivity index (χ2n) is 8.21. The van der Waals surface area contributed by atoms with Crippen LogP contribution in [0, 0.1) is 6.92 Å². The first-order valence-corrected chi connectivity index (χ1v) is 11.4. The number of nitrogens with zero attached hydrogens (tertiary/aromatic N) is 1. The van der Waals surface area contributed by atoms with Gasteiger partial charge in [0.2, 0.25) is 17.7 Å². The van der Waals surface area contributed by atoms with Crippen molar-refractivity contribution in [3.05, 3.63) is 65.5 Å². The van der Waals surface area contributed by atoms with E-state index in [2.05, 4.69) is 15.6 Å². The van der Waals surface area contributed by atoms with Crippen LogP contribution in [0.25, 0.3) is 11.5 Å². The molecule has 8 heteroatoms. The summed E-state index contributed by atoms with van der Waals surface area (Å²) >= 11 is 0. The number of anilines is 1. The fourth-order valence-electron chi connectivity index (χ4n) is 3.75. The van der Waals surface area contributed by atoms with Crippen molar-refractivity contribution in [3.63, 3.8) is 0 Å². The summed E-state index contributed by atoms with van der Waals surface area (Å²) in [6.07, 6.45) is 2.32. The summed E-state index contributed by atoms with van der Waals surface area (Å²) in [5.41, 5.74) is 3.25. The van der Waals surface area contributed by atoms with Crippen molar-refractivity contribution in [2.75, 3.05) is 19.0 Å². The third kappa shape index (κ3) is 6.02. The predicted molar refractivity (Wildman–Crippen MR) is 127 cm³/mol. The number of carbonyl (C=O) groups excluding carboxylic acids is 2. The lowest BCUT2D eigenvalue weighted by molar-refractivity contribution is -0.130. The molecule has 2 aromatic carbocycles. The number of methoxy groups -OCH3 is 1. The molecule has 1 saturated heterocycles. The molecule has 1 aliphatic heterocycles. The fraction of sp³-hybridized carbons (Fsp3) is 0.346. The molecule has 0 spiro atoms. The molecule has 0 radical (unpaired) electrons. The fourth-order valence-corrected chi connectivity index (χ4v) is 3.75.